The van der Waals surface area contributed by atoms with E-state index in [9.17, 15) is 0 Å². The first-order chi connectivity index (χ1) is 8.26. The first-order valence-corrected chi connectivity index (χ1v) is 7.21. The van der Waals surface area contributed by atoms with Crippen LogP contribution in [0.5, 0.6) is 0 Å². The molecule has 0 amide bonds. The van der Waals surface area contributed by atoms with Gasteiger partial charge in [-0.05, 0) is 53.8 Å². The molecule has 2 rings (SSSR count). The lowest BCUT2D eigenvalue weighted by Crippen LogP contribution is -2.39. The van der Waals surface area contributed by atoms with Crippen molar-refractivity contribution in [2.45, 2.75) is 38.8 Å². The molecule has 0 aliphatic heterocycles. The molecule has 1 fully saturated rings. The van der Waals surface area contributed by atoms with E-state index in [1.165, 1.54) is 19.3 Å². The Hall–Kier alpha value is -0.320. The van der Waals surface area contributed by atoms with Gasteiger partial charge in [-0.2, -0.15) is 0 Å². The van der Waals surface area contributed by atoms with E-state index in [4.69, 9.17) is 10.2 Å². The Morgan fingerprint density at radius 3 is 2.94 bits per heavy atom. The number of furan rings is 1. The topological polar surface area (TPSA) is 42.4 Å². The van der Waals surface area contributed by atoms with Gasteiger partial charge in [-0.25, -0.2) is 0 Å². The van der Waals surface area contributed by atoms with Crippen molar-refractivity contribution < 1.29 is 4.42 Å². The van der Waals surface area contributed by atoms with Crippen molar-refractivity contribution >= 4 is 15.9 Å². The maximum atomic E-state index is 5.86. The summed E-state index contributed by atoms with van der Waals surface area (Å²) in [7, 11) is 0. The summed E-state index contributed by atoms with van der Waals surface area (Å²) in [5.74, 6) is 1.68. The third-order valence-corrected chi connectivity index (χ3v) is 4.54. The third kappa shape index (κ3) is 2.92. The van der Waals surface area contributed by atoms with Crippen molar-refractivity contribution in [2.24, 2.45) is 11.7 Å². The minimum Gasteiger partial charge on any atom is -0.467 e. The largest absolute Gasteiger partial charge is 0.467 e. The SMILES string of the molecule is CCN(Cc1occc1Br)C1CCCC1CN. The van der Waals surface area contributed by atoms with E-state index in [0.717, 1.165) is 29.9 Å². The second kappa shape index (κ2) is 6.03. The van der Waals surface area contributed by atoms with Gasteiger partial charge in [-0.15, -0.1) is 0 Å². The highest BCUT2D eigenvalue weighted by Crippen LogP contribution is 2.31. The molecule has 1 aromatic rings. The average molecular weight is 301 g/mol. The molecule has 1 saturated carbocycles. The van der Waals surface area contributed by atoms with E-state index in [1.54, 1.807) is 6.26 Å². The van der Waals surface area contributed by atoms with Crippen molar-refractivity contribution in [3.63, 3.8) is 0 Å². The number of hydrogen-bond donors (Lipinski definition) is 1. The molecule has 17 heavy (non-hydrogen) atoms. The fraction of sp³-hybridized carbons (Fsp3) is 0.692. The molecule has 0 radical (unpaired) electrons. The van der Waals surface area contributed by atoms with E-state index < -0.39 is 0 Å². The van der Waals surface area contributed by atoms with Gasteiger partial charge >= 0.3 is 0 Å². The Balaban J connectivity index is 2.03. The van der Waals surface area contributed by atoms with Crippen molar-refractivity contribution in [3.8, 4) is 0 Å². The van der Waals surface area contributed by atoms with Gasteiger partial charge in [-0.1, -0.05) is 13.3 Å². The molecule has 2 N–H and O–H groups in total. The predicted octanol–water partition coefficient (Wildman–Crippen LogP) is 2.99. The average Bonchev–Trinajstić information content (AvgIpc) is 2.95. The normalized spacial score (nSPS) is 24.7. The second-order valence-electron chi connectivity index (χ2n) is 4.75. The summed E-state index contributed by atoms with van der Waals surface area (Å²) in [6.45, 7) is 4.95. The molecule has 1 aromatic heterocycles. The summed E-state index contributed by atoms with van der Waals surface area (Å²) in [5, 5.41) is 0. The number of halogens is 1. The first kappa shape index (κ1) is 13.1. The lowest BCUT2D eigenvalue weighted by molar-refractivity contribution is 0.150. The first-order valence-electron chi connectivity index (χ1n) is 6.42. The lowest BCUT2D eigenvalue weighted by atomic mass is 10.0. The van der Waals surface area contributed by atoms with E-state index in [-0.39, 0.29) is 0 Å². The maximum Gasteiger partial charge on any atom is 0.131 e. The predicted molar refractivity (Wildman–Crippen MR) is 72.7 cm³/mol. The summed E-state index contributed by atoms with van der Waals surface area (Å²) in [4.78, 5) is 2.49. The molecule has 1 aliphatic carbocycles. The zero-order chi connectivity index (χ0) is 12.3. The number of nitrogens with zero attached hydrogens (tertiary/aromatic N) is 1. The van der Waals surface area contributed by atoms with Crippen LogP contribution in [0.1, 0.15) is 31.9 Å². The monoisotopic (exact) mass is 300 g/mol. The Morgan fingerprint density at radius 2 is 2.35 bits per heavy atom. The van der Waals surface area contributed by atoms with Crippen LogP contribution in [0, 0.1) is 5.92 Å². The summed E-state index contributed by atoms with van der Waals surface area (Å²) in [6, 6.07) is 2.58. The standard InChI is InChI=1S/C13H21BrN2O/c1-2-16(9-13-11(14)6-7-17-13)12-5-3-4-10(12)8-15/h6-7,10,12H,2-5,8-9,15H2,1H3. The minimum absolute atomic E-state index is 0.627. The highest BCUT2D eigenvalue weighted by molar-refractivity contribution is 9.10. The van der Waals surface area contributed by atoms with E-state index in [0.29, 0.717) is 12.0 Å². The van der Waals surface area contributed by atoms with Crippen LogP contribution in [-0.4, -0.2) is 24.0 Å². The van der Waals surface area contributed by atoms with Gasteiger partial charge < -0.3 is 10.2 Å². The van der Waals surface area contributed by atoms with E-state index in [1.807, 2.05) is 6.07 Å². The van der Waals surface area contributed by atoms with Crippen molar-refractivity contribution in [2.75, 3.05) is 13.1 Å². The van der Waals surface area contributed by atoms with Crippen LogP contribution in [0.2, 0.25) is 0 Å². The van der Waals surface area contributed by atoms with Crippen LogP contribution in [0.25, 0.3) is 0 Å². The second-order valence-corrected chi connectivity index (χ2v) is 5.60. The molecule has 0 saturated heterocycles. The van der Waals surface area contributed by atoms with Gasteiger partial charge in [0.2, 0.25) is 0 Å². The number of nitrogens with two attached hydrogens (primary N) is 1. The highest BCUT2D eigenvalue weighted by atomic mass is 79.9. The fourth-order valence-electron chi connectivity index (χ4n) is 2.86. The minimum atomic E-state index is 0.627. The Kier molecular flexibility index (Phi) is 4.65. The smallest absolute Gasteiger partial charge is 0.131 e. The van der Waals surface area contributed by atoms with Crippen LogP contribution in [0.3, 0.4) is 0 Å². The molecule has 2 atom stereocenters. The third-order valence-electron chi connectivity index (χ3n) is 3.83. The molecular formula is C13H21BrN2O. The molecule has 0 bridgehead atoms. The molecule has 2 unspecified atom stereocenters. The van der Waals surface area contributed by atoms with Crippen LogP contribution in [0.4, 0.5) is 0 Å². The Bertz CT molecular complexity index is 353. The Labute approximate surface area is 111 Å². The van der Waals surface area contributed by atoms with E-state index >= 15 is 0 Å². The van der Waals surface area contributed by atoms with Crippen LogP contribution in [0.15, 0.2) is 21.2 Å². The molecule has 4 heteroatoms. The molecule has 1 heterocycles. The van der Waals surface area contributed by atoms with Crippen molar-refractivity contribution in [1.82, 2.24) is 4.90 Å². The van der Waals surface area contributed by atoms with Crippen molar-refractivity contribution in [1.29, 1.82) is 0 Å². The summed E-state index contributed by atoms with van der Waals surface area (Å²) in [5.41, 5.74) is 5.86. The zero-order valence-corrected chi connectivity index (χ0v) is 11.9. The molecule has 1 aliphatic rings. The molecule has 0 aromatic carbocycles. The number of hydrogen-bond acceptors (Lipinski definition) is 3. The van der Waals surface area contributed by atoms with Gasteiger partial charge in [0.1, 0.15) is 5.76 Å². The van der Waals surface area contributed by atoms with Crippen LogP contribution < -0.4 is 5.73 Å². The highest BCUT2D eigenvalue weighted by Gasteiger charge is 2.30. The molecule has 0 spiro atoms. The quantitative estimate of drug-likeness (QED) is 0.909. The van der Waals surface area contributed by atoms with Gasteiger partial charge in [0.05, 0.1) is 17.3 Å². The van der Waals surface area contributed by atoms with Gasteiger partial charge in [-0.3, -0.25) is 4.90 Å². The molecule has 3 nitrogen and oxygen atoms in total. The molecule has 96 valence electrons. The van der Waals surface area contributed by atoms with Crippen LogP contribution >= 0.6 is 15.9 Å². The summed E-state index contributed by atoms with van der Waals surface area (Å²) >= 11 is 3.52. The van der Waals surface area contributed by atoms with Gasteiger partial charge in [0, 0.05) is 6.04 Å². The summed E-state index contributed by atoms with van der Waals surface area (Å²) in [6.07, 6.45) is 5.59. The van der Waals surface area contributed by atoms with Gasteiger partial charge in [0.25, 0.3) is 0 Å². The van der Waals surface area contributed by atoms with Gasteiger partial charge in [0.15, 0.2) is 0 Å². The summed E-state index contributed by atoms with van der Waals surface area (Å²) < 4.78 is 6.57. The Morgan fingerprint density at radius 1 is 1.53 bits per heavy atom. The van der Waals surface area contributed by atoms with Crippen LogP contribution in [-0.2, 0) is 6.54 Å². The molecular weight excluding hydrogens is 280 g/mol. The fourth-order valence-corrected chi connectivity index (χ4v) is 3.19. The zero-order valence-electron chi connectivity index (χ0n) is 10.4. The van der Waals surface area contributed by atoms with Crippen molar-refractivity contribution in [3.05, 3.63) is 22.6 Å². The lowest BCUT2D eigenvalue weighted by Gasteiger charge is -2.31. The number of rotatable bonds is 5. The van der Waals surface area contributed by atoms with E-state index in [2.05, 4.69) is 27.8 Å². The maximum absolute atomic E-state index is 5.86.